The van der Waals surface area contributed by atoms with Crippen LogP contribution >= 0.6 is 24.2 Å². The van der Waals surface area contributed by atoms with Crippen molar-refractivity contribution in [3.63, 3.8) is 0 Å². The minimum Gasteiger partial charge on any atom is -0.330 e. The average molecular weight is 347 g/mol. The molecule has 0 saturated heterocycles. The third-order valence-corrected chi connectivity index (χ3v) is 5.69. The van der Waals surface area contributed by atoms with Crippen LogP contribution in [0.15, 0.2) is 41.6 Å². The second kappa shape index (κ2) is 7.41. The van der Waals surface area contributed by atoms with Gasteiger partial charge in [-0.05, 0) is 62.1 Å². The third kappa shape index (κ3) is 3.56. The summed E-state index contributed by atoms with van der Waals surface area (Å²) in [5.41, 5.74) is 7.91. The fourth-order valence-electron chi connectivity index (χ4n) is 2.83. The van der Waals surface area contributed by atoms with Gasteiger partial charge in [0.05, 0.1) is 17.4 Å². The largest absolute Gasteiger partial charge is 0.330 e. The Labute approximate surface area is 148 Å². The van der Waals surface area contributed by atoms with Crippen LogP contribution < -0.4 is 0 Å². The lowest BCUT2D eigenvalue weighted by atomic mass is 10.0. The van der Waals surface area contributed by atoms with E-state index < -0.39 is 0 Å². The number of halogens is 1. The van der Waals surface area contributed by atoms with E-state index in [0.29, 0.717) is 0 Å². The van der Waals surface area contributed by atoms with Crippen molar-refractivity contribution in [3.05, 3.63) is 58.9 Å². The van der Waals surface area contributed by atoms with E-state index in [0.717, 1.165) is 17.8 Å². The molecule has 2 nitrogen and oxygen atoms in total. The summed E-state index contributed by atoms with van der Waals surface area (Å²) in [5, 5.41) is 0. The van der Waals surface area contributed by atoms with Crippen molar-refractivity contribution >= 4 is 35.2 Å². The van der Waals surface area contributed by atoms with Gasteiger partial charge in [0, 0.05) is 17.2 Å². The lowest BCUT2D eigenvalue weighted by Crippen LogP contribution is -2.00. The van der Waals surface area contributed by atoms with Crippen LogP contribution in [0.5, 0.6) is 0 Å². The molecule has 1 heterocycles. The first-order valence-corrected chi connectivity index (χ1v) is 8.66. The predicted octanol–water partition coefficient (Wildman–Crippen LogP) is 5.48. The zero-order valence-corrected chi connectivity index (χ0v) is 15.7. The number of thioether (sulfide) groups is 1. The number of hydrogen-bond acceptors (Lipinski definition) is 2. The summed E-state index contributed by atoms with van der Waals surface area (Å²) in [7, 11) is 0. The lowest BCUT2D eigenvalue weighted by Gasteiger charge is -2.15. The Morgan fingerprint density at radius 3 is 2.35 bits per heavy atom. The molecular weight excluding hydrogens is 324 g/mol. The van der Waals surface area contributed by atoms with Gasteiger partial charge in [-0.1, -0.05) is 18.2 Å². The summed E-state index contributed by atoms with van der Waals surface area (Å²) in [5.74, 6) is 1.06. The van der Waals surface area contributed by atoms with Crippen molar-refractivity contribution < 1.29 is 0 Å². The van der Waals surface area contributed by atoms with E-state index in [4.69, 9.17) is 0 Å². The number of fused-ring (bicyclic) bond motifs is 1. The number of benzene rings is 2. The molecule has 0 spiro atoms. The monoisotopic (exact) mass is 346 g/mol. The van der Waals surface area contributed by atoms with E-state index in [9.17, 15) is 0 Å². The summed E-state index contributed by atoms with van der Waals surface area (Å²) in [6, 6.07) is 10.6. The van der Waals surface area contributed by atoms with Gasteiger partial charge in [0.15, 0.2) is 0 Å². The predicted molar refractivity (Wildman–Crippen MR) is 103 cm³/mol. The highest BCUT2D eigenvalue weighted by Gasteiger charge is 2.09. The second-order valence-electron chi connectivity index (χ2n) is 5.86. The summed E-state index contributed by atoms with van der Waals surface area (Å²) >= 11 is 1.96. The van der Waals surface area contributed by atoms with Gasteiger partial charge >= 0.3 is 0 Å². The quantitative estimate of drug-likeness (QED) is 0.582. The van der Waals surface area contributed by atoms with Gasteiger partial charge in [0.2, 0.25) is 0 Å². The molecule has 0 radical (unpaired) electrons. The summed E-state index contributed by atoms with van der Waals surface area (Å²) in [4.78, 5) is 5.91. The SMILES string of the molecule is Cc1cc(C)c(C)c(SCCn2cnc3ccccc32)c1C.Cl. The molecular formula is C19H23ClN2S. The minimum atomic E-state index is 0. The molecule has 0 amide bonds. The summed E-state index contributed by atoms with van der Waals surface area (Å²) < 4.78 is 2.25. The zero-order chi connectivity index (χ0) is 15.7. The Hall–Kier alpha value is -1.45. The van der Waals surface area contributed by atoms with Gasteiger partial charge in [0.25, 0.3) is 0 Å². The fourth-order valence-corrected chi connectivity index (χ4v) is 4.08. The van der Waals surface area contributed by atoms with E-state index in [1.807, 2.05) is 24.2 Å². The number of para-hydroxylation sites is 2. The smallest absolute Gasteiger partial charge is 0.0958 e. The standard InChI is InChI=1S/C19H22N2S.ClH/c1-13-11-14(2)16(4)19(15(13)3)22-10-9-21-12-20-17-7-5-6-8-18(17)21;/h5-8,11-12H,9-10H2,1-4H3;1H. The Bertz CT molecular complexity index is 797. The molecule has 23 heavy (non-hydrogen) atoms. The highest BCUT2D eigenvalue weighted by Crippen LogP contribution is 2.31. The number of imidazole rings is 1. The third-order valence-electron chi connectivity index (χ3n) is 4.40. The van der Waals surface area contributed by atoms with Gasteiger partial charge in [-0.15, -0.1) is 24.2 Å². The van der Waals surface area contributed by atoms with Crippen LogP contribution in [-0.2, 0) is 6.54 Å². The molecule has 3 rings (SSSR count). The van der Waals surface area contributed by atoms with E-state index >= 15 is 0 Å². The minimum absolute atomic E-state index is 0. The van der Waals surface area contributed by atoms with Crippen LogP contribution in [0.4, 0.5) is 0 Å². The molecule has 1 aromatic heterocycles. The highest BCUT2D eigenvalue weighted by atomic mass is 35.5. The zero-order valence-electron chi connectivity index (χ0n) is 14.1. The van der Waals surface area contributed by atoms with E-state index in [-0.39, 0.29) is 12.4 Å². The Morgan fingerprint density at radius 1 is 1.00 bits per heavy atom. The maximum Gasteiger partial charge on any atom is 0.0958 e. The summed E-state index contributed by atoms with van der Waals surface area (Å²) in [6.07, 6.45) is 1.95. The van der Waals surface area contributed by atoms with Crippen molar-refractivity contribution in [2.24, 2.45) is 0 Å². The maximum absolute atomic E-state index is 4.46. The molecule has 0 N–H and O–H groups in total. The summed E-state index contributed by atoms with van der Waals surface area (Å²) in [6.45, 7) is 9.86. The number of aromatic nitrogens is 2. The van der Waals surface area contributed by atoms with Crippen LogP contribution in [0.2, 0.25) is 0 Å². The van der Waals surface area contributed by atoms with Crippen molar-refractivity contribution in [2.75, 3.05) is 5.75 Å². The molecule has 0 aliphatic heterocycles. The van der Waals surface area contributed by atoms with Crippen LogP contribution in [0.1, 0.15) is 22.3 Å². The molecule has 0 atom stereocenters. The molecule has 4 heteroatoms. The van der Waals surface area contributed by atoms with E-state index in [2.05, 4.69) is 61.5 Å². The molecule has 0 saturated carbocycles. The first-order valence-electron chi connectivity index (χ1n) is 7.68. The topological polar surface area (TPSA) is 17.8 Å². The molecule has 0 unspecified atom stereocenters. The van der Waals surface area contributed by atoms with Gasteiger partial charge in [-0.2, -0.15) is 0 Å². The Morgan fingerprint density at radius 2 is 1.65 bits per heavy atom. The number of hydrogen-bond donors (Lipinski definition) is 0. The molecule has 0 aliphatic rings. The van der Waals surface area contributed by atoms with E-state index in [1.165, 1.54) is 32.7 Å². The Balaban J connectivity index is 0.00000192. The second-order valence-corrected chi connectivity index (χ2v) is 6.97. The van der Waals surface area contributed by atoms with Crippen LogP contribution in [0.25, 0.3) is 11.0 Å². The van der Waals surface area contributed by atoms with E-state index in [1.54, 1.807) is 0 Å². The Kier molecular flexibility index (Phi) is 5.77. The molecule has 122 valence electrons. The van der Waals surface area contributed by atoms with Gasteiger partial charge in [-0.3, -0.25) is 0 Å². The first kappa shape index (κ1) is 17.9. The van der Waals surface area contributed by atoms with Crippen LogP contribution in [-0.4, -0.2) is 15.3 Å². The van der Waals surface area contributed by atoms with Crippen LogP contribution in [0.3, 0.4) is 0 Å². The molecule has 0 fully saturated rings. The maximum atomic E-state index is 4.46. The van der Waals surface area contributed by atoms with Crippen molar-refractivity contribution in [3.8, 4) is 0 Å². The van der Waals surface area contributed by atoms with Crippen molar-refractivity contribution in [1.29, 1.82) is 0 Å². The highest BCUT2D eigenvalue weighted by molar-refractivity contribution is 7.99. The molecule has 0 aliphatic carbocycles. The number of rotatable bonds is 4. The van der Waals surface area contributed by atoms with Gasteiger partial charge in [0.1, 0.15) is 0 Å². The lowest BCUT2D eigenvalue weighted by molar-refractivity contribution is 0.796. The average Bonchev–Trinajstić information content (AvgIpc) is 2.92. The molecule has 2 aromatic carbocycles. The first-order chi connectivity index (χ1) is 10.6. The van der Waals surface area contributed by atoms with Crippen molar-refractivity contribution in [2.45, 2.75) is 39.1 Å². The number of nitrogens with zero attached hydrogens (tertiary/aromatic N) is 2. The normalized spacial score (nSPS) is 10.8. The van der Waals surface area contributed by atoms with Crippen LogP contribution in [0, 0.1) is 27.7 Å². The number of aryl methyl sites for hydroxylation is 3. The molecule has 0 bridgehead atoms. The van der Waals surface area contributed by atoms with Crippen molar-refractivity contribution in [1.82, 2.24) is 9.55 Å². The fraction of sp³-hybridized carbons (Fsp3) is 0.316. The van der Waals surface area contributed by atoms with Gasteiger partial charge < -0.3 is 4.57 Å². The van der Waals surface area contributed by atoms with Gasteiger partial charge in [-0.25, -0.2) is 4.98 Å². The molecule has 3 aromatic rings.